The number of halogens is 2. The highest BCUT2D eigenvalue weighted by atomic mass is 32.2. The van der Waals surface area contributed by atoms with Gasteiger partial charge in [0.15, 0.2) is 6.61 Å². The van der Waals surface area contributed by atoms with Crippen molar-refractivity contribution in [2.45, 2.75) is 26.4 Å². The Morgan fingerprint density at radius 3 is 2.47 bits per heavy atom. The zero-order chi connectivity index (χ0) is 24.6. The number of hydrogen-bond donors (Lipinski definition) is 0. The molecule has 1 heterocycles. The number of aryl methyl sites for hydroxylation is 2. The molecule has 0 saturated carbocycles. The van der Waals surface area contributed by atoms with Crippen LogP contribution in [0.5, 0.6) is 0 Å². The maximum atomic E-state index is 13.3. The van der Waals surface area contributed by atoms with Crippen molar-refractivity contribution < 1.29 is 21.9 Å². The number of hydrogen-bond acceptors (Lipinski definition) is 6. The molecule has 0 radical (unpaired) electrons. The Balaban J connectivity index is 1.82. The van der Waals surface area contributed by atoms with E-state index in [0.717, 1.165) is 5.82 Å². The van der Waals surface area contributed by atoms with Gasteiger partial charge in [0.1, 0.15) is 5.82 Å². The van der Waals surface area contributed by atoms with E-state index in [1.54, 1.807) is 65.5 Å². The molecule has 0 unspecified atom stereocenters. The SMILES string of the molecule is C=N/N=C(\OCC(F)F)c1ccc(CN(c2ccccc2)S(=O)(=O)CCn2ccnc2C)cc1. The molecule has 0 aliphatic carbocycles. The Bertz CT molecular complexity index is 1210. The monoisotopic (exact) mass is 489 g/mol. The molecular weight excluding hydrogens is 464 g/mol. The minimum absolute atomic E-state index is 0.0829. The first-order valence-electron chi connectivity index (χ1n) is 10.4. The normalized spacial score (nSPS) is 12.1. The summed E-state index contributed by atoms with van der Waals surface area (Å²) in [4.78, 5) is 4.13. The maximum Gasteiger partial charge on any atom is 0.272 e. The minimum Gasteiger partial charge on any atom is -0.470 e. The van der Waals surface area contributed by atoms with Gasteiger partial charge in [-0.05, 0) is 36.8 Å². The molecule has 0 atom stereocenters. The van der Waals surface area contributed by atoms with Gasteiger partial charge in [0.05, 0.1) is 18.0 Å². The second-order valence-electron chi connectivity index (χ2n) is 7.27. The van der Waals surface area contributed by atoms with Gasteiger partial charge in [0.25, 0.3) is 6.43 Å². The van der Waals surface area contributed by atoms with Crippen LogP contribution in [0.1, 0.15) is 17.0 Å². The Hall–Kier alpha value is -3.60. The first-order chi connectivity index (χ1) is 16.3. The lowest BCUT2D eigenvalue weighted by molar-refractivity contribution is 0.0765. The van der Waals surface area contributed by atoms with Crippen LogP contribution in [-0.2, 0) is 27.8 Å². The van der Waals surface area contributed by atoms with Gasteiger partial charge in [-0.15, -0.1) is 5.10 Å². The van der Waals surface area contributed by atoms with Crippen LogP contribution in [-0.4, -0.2) is 49.4 Å². The van der Waals surface area contributed by atoms with Crippen molar-refractivity contribution in [1.29, 1.82) is 0 Å². The molecule has 0 amide bonds. The predicted molar refractivity (Wildman–Crippen MR) is 128 cm³/mol. The second kappa shape index (κ2) is 11.5. The number of nitrogens with zero attached hydrogens (tertiary/aromatic N) is 5. The number of para-hydroxylation sites is 1. The van der Waals surface area contributed by atoms with Gasteiger partial charge in [-0.2, -0.15) is 5.10 Å². The summed E-state index contributed by atoms with van der Waals surface area (Å²) >= 11 is 0. The lowest BCUT2D eigenvalue weighted by Crippen LogP contribution is -2.34. The molecule has 0 fully saturated rings. The molecule has 3 rings (SSSR count). The second-order valence-corrected chi connectivity index (χ2v) is 9.28. The number of anilines is 1. The fourth-order valence-electron chi connectivity index (χ4n) is 3.20. The van der Waals surface area contributed by atoms with Gasteiger partial charge in [-0.3, -0.25) is 4.31 Å². The van der Waals surface area contributed by atoms with Gasteiger partial charge in [0.2, 0.25) is 15.9 Å². The zero-order valence-corrected chi connectivity index (χ0v) is 19.4. The van der Waals surface area contributed by atoms with Crippen LogP contribution in [0.4, 0.5) is 14.5 Å². The van der Waals surface area contributed by atoms with Crippen LogP contribution in [0.25, 0.3) is 0 Å². The van der Waals surface area contributed by atoms with Crippen molar-refractivity contribution in [3.63, 3.8) is 0 Å². The Morgan fingerprint density at radius 2 is 1.88 bits per heavy atom. The summed E-state index contributed by atoms with van der Waals surface area (Å²) in [5.41, 5.74) is 1.64. The number of rotatable bonds is 11. The third kappa shape index (κ3) is 6.70. The number of ether oxygens (including phenoxy) is 1. The number of sulfonamides is 1. The minimum atomic E-state index is -3.69. The highest BCUT2D eigenvalue weighted by molar-refractivity contribution is 7.92. The smallest absolute Gasteiger partial charge is 0.272 e. The van der Waals surface area contributed by atoms with Crippen molar-refractivity contribution in [2.75, 3.05) is 16.7 Å². The predicted octanol–water partition coefficient (Wildman–Crippen LogP) is 3.87. The standard InChI is InChI=1S/C23H25F2N5O3S/c1-18-27-12-13-29(18)14-15-34(31,32)30(21-6-4-3-5-7-21)16-19-8-10-20(11-9-19)23(28-26-2)33-17-22(24)25/h3-13,22H,2,14-17H2,1H3/b28-23-. The van der Waals surface area contributed by atoms with E-state index in [2.05, 4.69) is 21.9 Å². The number of benzene rings is 2. The molecule has 0 spiro atoms. The van der Waals surface area contributed by atoms with E-state index in [0.29, 0.717) is 16.8 Å². The first kappa shape index (κ1) is 25.0. The quantitative estimate of drug-likeness (QED) is 0.232. The van der Waals surface area contributed by atoms with Crippen LogP contribution in [0.3, 0.4) is 0 Å². The zero-order valence-electron chi connectivity index (χ0n) is 18.6. The largest absolute Gasteiger partial charge is 0.470 e. The maximum absolute atomic E-state index is 13.3. The van der Waals surface area contributed by atoms with Crippen molar-refractivity contribution in [2.24, 2.45) is 10.2 Å². The fourth-order valence-corrected chi connectivity index (χ4v) is 4.64. The van der Waals surface area contributed by atoms with Gasteiger partial charge >= 0.3 is 0 Å². The van der Waals surface area contributed by atoms with E-state index in [-0.39, 0.29) is 24.7 Å². The van der Waals surface area contributed by atoms with Crippen LogP contribution in [0.2, 0.25) is 0 Å². The molecule has 3 aromatic rings. The summed E-state index contributed by atoms with van der Waals surface area (Å²) < 4.78 is 59.8. The molecule has 2 aromatic carbocycles. The van der Waals surface area contributed by atoms with Crippen molar-refractivity contribution >= 4 is 28.3 Å². The third-order valence-electron chi connectivity index (χ3n) is 4.93. The van der Waals surface area contributed by atoms with E-state index in [1.807, 2.05) is 13.0 Å². The molecule has 0 aliphatic rings. The topological polar surface area (TPSA) is 89.2 Å². The number of alkyl halides is 2. The Kier molecular flexibility index (Phi) is 8.47. The third-order valence-corrected chi connectivity index (χ3v) is 6.64. The highest BCUT2D eigenvalue weighted by Gasteiger charge is 2.23. The lowest BCUT2D eigenvalue weighted by atomic mass is 10.1. The molecule has 11 heteroatoms. The van der Waals surface area contributed by atoms with Gasteiger partial charge in [0, 0.05) is 31.2 Å². The van der Waals surface area contributed by atoms with E-state index in [9.17, 15) is 17.2 Å². The molecule has 0 N–H and O–H groups in total. The summed E-state index contributed by atoms with van der Waals surface area (Å²) in [6, 6.07) is 15.4. The van der Waals surface area contributed by atoms with E-state index in [4.69, 9.17) is 4.74 Å². The average Bonchev–Trinajstić information content (AvgIpc) is 3.24. The molecule has 8 nitrogen and oxygen atoms in total. The van der Waals surface area contributed by atoms with Crippen molar-refractivity contribution in [1.82, 2.24) is 9.55 Å². The summed E-state index contributed by atoms with van der Waals surface area (Å²) in [5.74, 6) is 0.531. The summed E-state index contributed by atoms with van der Waals surface area (Å²) in [6.07, 6.45) is 0.706. The van der Waals surface area contributed by atoms with Crippen LogP contribution in [0, 0.1) is 6.92 Å². The van der Waals surface area contributed by atoms with E-state index >= 15 is 0 Å². The molecule has 0 saturated heterocycles. The van der Waals surface area contributed by atoms with E-state index < -0.39 is 23.1 Å². The summed E-state index contributed by atoms with van der Waals surface area (Å²) in [7, 11) is -3.69. The summed E-state index contributed by atoms with van der Waals surface area (Å²) in [5, 5.41) is 7.02. The number of aromatic nitrogens is 2. The van der Waals surface area contributed by atoms with Crippen LogP contribution < -0.4 is 4.31 Å². The number of imidazole rings is 1. The van der Waals surface area contributed by atoms with Crippen LogP contribution >= 0.6 is 0 Å². The van der Waals surface area contributed by atoms with Gasteiger partial charge < -0.3 is 9.30 Å². The van der Waals surface area contributed by atoms with E-state index in [1.165, 1.54) is 4.31 Å². The average molecular weight is 490 g/mol. The molecule has 180 valence electrons. The first-order valence-corrected chi connectivity index (χ1v) is 12.0. The Morgan fingerprint density at radius 1 is 1.18 bits per heavy atom. The highest BCUT2D eigenvalue weighted by Crippen LogP contribution is 2.22. The van der Waals surface area contributed by atoms with Crippen molar-refractivity contribution in [3.8, 4) is 0 Å². The van der Waals surface area contributed by atoms with Gasteiger partial charge in [-0.25, -0.2) is 22.2 Å². The molecule has 34 heavy (non-hydrogen) atoms. The lowest BCUT2D eigenvalue weighted by Gasteiger charge is -2.25. The molecule has 1 aromatic heterocycles. The molecule has 0 bridgehead atoms. The fraction of sp³-hybridized carbons (Fsp3) is 0.261. The van der Waals surface area contributed by atoms with Crippen molar-refractivity contribution in [3.05, 3.63) is 83.9 Å². The molecular formula is C23H25F2N5O3S. The Labute approximate surface area is 197 Å². The summed E-state index contributed by atoms with van der Waals surface area (Å²) in [6.45, 7) is 4.57. The van der Waals surface area contributed by atoms with Gasteiger partial charge in [-0.1, -0.05) is 30.3 Å². The molecule has 0 aliphatic heterocycles. The van der Waals surface area contributed by atoms with Crippen LogP contribution in [0.15, 0.2) is 77.2 Å².